The summed E-state index contributed by atoms with van der Waals surface area (Å²) in [5.74, 6) is 0. The minimum atomic E-state index is -0.542. The summed E-state index contributed by atoms with van der Waals surface area (Å²) in [6.07, 6.45) is 3.85. The molecule has 0 aromatic rings. The van der Waals surface area contributed by atoms with Crippen molar-refractivity contribution in [3.8, 4) is 0 Å². The third-order valence-electron chi connectivity index (χ3n) is 2.52. The van der Waals surface area contributed by atoms with Crippen LogP contribution in [0.2, 0.25) is 0 Å². The lowest BCUT2D eigenvalue weighted by Crippen LogP contribution is -2.26. The summed E-state index contributed by atoms with van der Waals surface area (Å²) in [5, 5.41) is 9.62. The molecule has 0 aromatic carbocycles. The Balaban J connectivity index is 3.32. The van der Waals surface area contributed by atoms with Crippen LogP contribution in [-0.2, 0) is 14.2 Å². The van der Waals surface area contributed by atoms with Crippen molar-refractivity contribution < 1.29 is 19.3 Å². The molecule has 4 nitrogen and oxygen atoms in total. The highest BCUT2D eigenvalue weighted by atomic mass is 16.5. The summed E-state index contributed by atoms with van der Waals surface area (Å²) >= 11 is 0. The lowest BCUT2D eigenvalue weighted by Gasteiger charge is -2.16. The molecule has 0 fully saturated rings. The molecule has 2 atom stereocenters. The second-order valence-corrected chi connectivity index (χ2v) is 4.65. The third-order valence-corrected chi connectivity index (χ3v) is 2.52. The Labute approximate surface area is 112 Å². The molecule has 0 aromatic heterocycles. The van der Waals surface area contributed by atoms with Crippen LogP contribution >= 0.6 is 0 Å². The summed E-state index contributed by atoms with van der Waals surface area (Å²) in [6.45, 7) is 8.95. The van der Waals surface area contributed by atoms with E-state index in [-0.39, 0.29) is 6.10 Å². The highest BCUT2D eigenvalue weighted by Gasteiger charge is 2.08. The number of hydrogen-bond acceptors (Lipinski definition) is 4. The molecular weight excluding hydrogens is 232 g/mol. The molecule has 0 aliphatic heterocycles. The molecule has 0 saturated carbocycles. The van der Waals surface area contributed by atoms with Crippen molar-refractivity contribution in [3.05, 3.63) is 0 Å². The first kappa shape index (κ1) is 17.8. The van der Waals surface area contributed by atoms with Crippen LogP contribution in [0.3, 0.4) is 0 Å². The largest absolute Gasteiger partial charge is 0.388 e. The molecule has 0 aliphatic carbocycles. The summed E-state index contributed by atoms with van der Waals surface area (Å²) in [6, 6.07) is 0. The number of aliphatic hydroxyl groups excluding tert-OH is 1. The zero-order valence-electron chi connectivity index (χ0n) is 12.2. The van der Waals surface area contributed by atoms with E-state index in [0.717, 1.165) is 32.3 Å². The average Bonchev–Trinajstić information content (AvgIpc) is 2.37. The van der Waals surface area contributed by atoms with Crippen LogP contribution < -0.4 is 0 Å². The topological polar surface area (TPSA) is 47.9 Å². The molecule has 0 spiro atoms. The molecule has 0 heterocycles. The van der Waals surface area contributed by atoms with Crippen LogP contribution in [0.1, 0.15) is 46.5 Å². The first-order valence-corrected chi connectivity index (χ1v) is 7.15. The Morgan fingerprint density at radius 1 is 0.889 bits per heavy atom. The van der Waals surface area contributed by atoms with E-state index in [4.69, 9.17) is 14.2 Å². The van der Waals surface area contributed by atoms with E-state index >= 15 is 0 Å². The Morgan fingerprint density at radius 2 is 1.44 bits per heavy atom. The van der Waals surface area contributed by atoms with E-state index in [1.165, 1.54) is 0 Å². The molecule has 4 heteroatoms. The van der Waals surface area contributed by atoms with Gasteiger partial charge in [0.1, 0.15) is 6.10 Å². The Bertz CT molecular complexity index is 146. The zero-order valence-corrected chi connectivity index (χ0v) is 12.2. The molecule has 0 saturated heterocycles. The van der Waals surface area contributed by atoms with Gasteiger partial charge in [0.2, 0.25) is 0 Å². The number of rotatable bonds is 13. The van der Waals surface area contributed by atoms with Gasteiger partial charge in [-0.3, -0.25) is 0 Å². The van der Waals surface area contributed by atoms with Crippen molar-refractivity contribution in [3.63, 3.8) is 0 Å². The van der Waals surface area contributed by atoms with Gasteiger partial charge in [0.25, 0.3) is 0 Å². The number of hydrogen-bond donors (Lipinski definition) is 1. The quantitative estimate of drug-likeness (QED) is 0.518. The van der Waals surface area contributed by atoms with Gasteiger partial charge >= 0.3 is 0 Å². The van der Waals surface area contributed by atoms with Crippen molar-refractivity contribution in [2.45, 2.75) is 58.7 Å². The van der Waals surface area contributed by atoms with Gasteiger partial charge in [-0.1, -0.05) is 26.7 Å². The maximum atomic E-state index is 9.62. The number of aliphatic hydroxyl groups is 1. The van der Waals surface area contributed by atoms with Gasteiger partial charge in [0, 0.05) is 13.2 Å². The minimum absolute atomic E-state index is 0.0205. The zero-order chi connectivity index (χ0) is 13.6. The number of unbranched alkanes of at least 4 members (excludes halogenated alkanes) is 2. The normalized spacial score (nSPS) is 14.7. The molecule has 2 unspecified atom stereocenters. The smallest absolute Gasteiger partial charge is 0.101 e. The second-order valence-electron chi connectivity index (χ2n) is 4.65. The number of ether oxygens (including phenoxy) is 3. The molecule has 110 valence electrons. The fraction of sp³-hybridized carbons (Fsp3) is 1.00. The summed E-state index contributed by atoms with van der Waals surface area (Å²) in [4.78, 5) is 0. The van der Waals surface area contributed by atoms with Crippen LogP contribution in [-0.4, -0.2) is 50.3 Å². The van der Waals surface area contributed by atoms with E-state index in [2.05, 4.69) is 13.8 Å². The minimum Gasteiger partial charge on any atom is -0.388 e. The second kappa shape index (κ2) is 13.3. The third kappa shape index (κ3) is 12.3. The Kier molecular flexibility index (Phi) is 13.2. The maximum Gasteiger partial charge on any atom is 0.101 e. The van der Waals surface area contributed by atoms with E-state index in [1.54, 1.807) is 0 Å². The molecule has 0 aliphatic rings. The van der Waals surface area contributed by atoms with Crippen LogP contribution in [0.15, 0.2) is 0 Å². The molecule has 0 rings (SSSR count). The fourth-order valence-corrected chi connectivity index (χ4v) is 1.33. The molecule has 18 heavy (non-hydrogen) atoms. The van der Waals surface area contributed by atoms with E-state index in [1.807, 2.05) is 6.92 Å². The maximum absolute atomic E-state index is 9.62. The van der Waals surface area contributed by atoms with Crippen molar-refractivity contribution >= 4 is 0 Å². The van der Waals surface area contributed by atoms with Crippen molar-refractivity contribution in [2.75, 3.05) is 33.0 Å². The lowest BCUT2D eigenvalue weighted by molar-refractivity contribution is -0.0622. The Morgan fingerprint density at radius 3 is 2.00 bits per heavy atom. The summed E-state index contributed by atoms with van der Waals surface area (Å²) < 4.78 is 16.2. The van der Waals surface area contributed by atoms with Crippen LogP contribution in [0, 0.1) is 0 Å². The van der Waals surface area contributed by atoms with E-state index < -0.39 is 6.10 Å². The van der Waals surface area contributed by atoms with Gasteiger partial charge in [-0.2, -0.15) is 0 Å². The van der Waals surface area contributed by atoms with Crippen LogP contribution in [0.25, 0.3) is 0 Å². The summed E-state index contributed by atoms with van der Waals surface area (Å²) in [5.41, 5.74) is 0. The van der Waals surface area contributed by atoms with Gasteiger partial charge in [-0.15, -0.1) is 0 Å². The van der Waals surface area contributed by atoms with E-state index in [0.29, 0.717) is 26.4 Å². The molecule has 1 N–H and O–H groups in total. The van der Waals surface area contributed by atoms with Crippen molar-refractivity contribution in [2.24, 2.45) is 0 Å². The SMILES string of the molecule is CCCCOCC(O)COC(C)COCCCC. The highest BCUT2D eigenvalue weighted by molar-refractivity contribution is 4.55. The van der Waals surface area contributed by atoms with Crippen molar-refractivity contribution in [1.29, 1.82) is 0 Å². The fourth-order valence-electron chi connectivity index (χ4n) is 1.33. The molecule has 0 bridgehead atoms. The Hall–Kier alpha value is -0.160. The van der Waals surface area contributed by atoms with Crippen molar-refractivity contribution in [1.82, 2.24) is 0 Å². The van der Waals surface area contributed by atoms with Gasteiger partial charge in [-0.05, 0) is 19.8 Å². The average molecular weight is 262 g/mol. The van der Waals surface area contributed by atoms with Crippen LogP contribution in [0.4, 0.5) is 0 Å². The highest BCUT2D eigenvalue weighted by Crippen LogP contribution is 1.98. The molecule has 0 amide bonds. The van der Waals surface area contributed by atoms with Gasteiger partial charge in [0.15, 0.2) is 0 Å². The predicted octanol–water partition coefficient (Wildman–Crippen LogP) is 2.39. The van der Waals surface area contributed by atoms with Crippen LogP contribution in [0.5, 0.6) is 0 Å². The molecule has 0 radical (unpaired) electrons. The van der Waals surface area contributed by atoms with Gasteiger partial charge in [-0.25, -0.2) is 0 Å². The standard InChI is InChI=1S/C14H30O4/c1-4-6-8-16-10-13(3)18-12-14(15)11-17-9-7-5-2/h13-15H,4-12H2,1-3H3. The predicted molar refractivity (Wildman–Crippen MR) is 72.9 cm³/mol. The van der Waals surface area contributed by atoms with Gasteiger partial charge < -0.3 is 19.3 Å². The van der Waals surface area contributed by atoms with E-state index in [9.17, 15) is 5.11 Å². The van der Waals surface area contributed by atoms with Gasteiger partial charge in [0.05, 0.1) is 25.9 Å². The lowest BCUT2D eigenvalue weighted by atomic mass is 10.3. The molecular formula is C14H30O4. The monoisotopic (exact) mass is 262 g/mol. The first-order chi connectivity index (χ1) is 8.70. The summed E-state index contributed by atoms with van der Waals surface area (Å²) in [7, 11) is 0. The first-order valence-electron chi connectivity index (χ1n) is 7.15.